The number of rotatable bonds is 3. The van der Waals surface area contributed by atoms with Crippen LogP contribution in [0.25, 0.3) is 22.8 Å². The summed E-state index contributed by atoms with van der Waals surface area (Å²) in [7, 11) is 0. The van der Waals surface area contributed by atoms with Crippen LogP contribution in [0.1, 0.15) is 0 Å². The summed E-state index contributed by atoms with van der Waals surface area (Å²) < 4.78 is 0. The van der Waals surface area contributed by atoms with Crippen LogP contribution in [0.5, 0.6) is 0 Å². The number of aromatic nitrogens is 4. The van der Waals surface area contributed by atoms with Gasteiger partial charge >= 0.3 is 5.82 Å². The first-order chi connectivity index (χ1) is 11.8. The van der Waals surface area contributed by atoms with E-state index in [9.17, 15) is 0 Å². The van der Waals surface area contributed by atoms with Gasteiger partial charge in [-0.15, -0.1) is 0 Å². The highest BCUT2D eigenvalue weighted by Gasteiger charge is 2.22. The number of benzene rings is 3. The molecule has 0 aliphatic rings. The molecule has 24 heavy (non-hydrogen) atoms. The van der Waals surface area contributed by atoms with Gasteiger partial charge in [-0.05, 0) is 58.4 Å². The van der Waals surface area contributed by atoms with Crippen LogP contribution in [0.4, 0.5) is 5.69 Å². The number of para-hydroxylation sites is 2. The summed E-state index contributed by atoms with van der Waals surface area (Å²) >= 11 is 0. The lowest BCUT2D eigenvalue weighted by atomic mass is 10.2. The number of nitrogens with zero attached hydrogens (tertiary/aromatic N) is 4. The van der Waals surface area contributed by atoms with Gasteiger partial charge in [-0.25, -0.2) is 0 Å². The number of nitrogens with two attached hydrogens (primary N) is 1. The van der Waals surface area contributed by atoms with Crippen LogP contribution in [0.15, 0.2) is 84.9 Å². The molecule has 3 aromatic carbocycles. The van der Waals surface area contributed by atoms with Gasteiger partial charge in [-0.2, -0.15) is 0 Å². The first kappa shape index (κ1) is 14.1. The first-order valence-corrected chi connectivity index (χ1v) is 7.68. The van der Waals surface area contributed by atoms with Crippen molar-refractivity contribution in [1.82, 2.24) is 15.0 Å². The third-order valence-corrected chi connectivity index (χ3v) is 3.70. The van der Waals surface area contributed by atoms with Crippen molar-refractivity contribution in [2.75, 3.05) is 5.73 Å². The predicted octanol–water partition coefficient (Wildman–Crippen LogP) is 2.79. The highest BCUT2D eigenvalue weighted by molar-refractivity contribution is 5.57. The molecule has 0 bridgehead atoms. The van der Waals surface area contributed by atoms with Crippen molar-refractivity contribution in [3.63, 3.8) is 0 Å². The predicted molar refractivity (Wildman–Crippen MR) is 92.7 cm³/mol. The number of hydrogen-bond acceptors (Lipinski definition) is 3. The Morgan fingerprint density at radius 3 is 2.04 bits per heavy atom. The molecule has 0 saturated carbocycles. The van der Waals surface area contributed by atoms with Gasteiger partial charge in [-0.3, -0.25) is 0 Å². The summed E-state index contributed by atoms with van der Waals surface area (Å²) in [6.45, 7) is 0. The normalized spacial score (nSPS) is 10.7. The lowest BCUT2D eigenvalue weighted by Crippen LogP contribution is -2.43. The summed E-state index contributed by atoms with van der Waals surface area (Å²) in [5.74, 6) is 0.641. The molecule has 0 spiro atoms. The van der Waals surface area contributed by atoms with Crippen molar-refractivity contribution in [1.29, 1.82) is 0 Å². The van der Waals surface area contributed by atoms with E-state index in [1.807, 2.05) is 84.9 Å². The number of nitrogen functional groups attached to an aromatic ring is 1. The fraction of sp³-hybridized carbons (Fsp3) is 0. The standard InChI is InChI=1S/C19H16N5/c20-16-13-11-15(12-14-16)19-21-23(17-7-3-1-4-8-17)24(22-19)18-9-5-2-6-10-18/h1-14H,20H2/q+1. The van der Waals surface area contributed by atoms with Gasteiger partial charge in [-0.1, -0.05) is 36.4 Å². The maximum absolute atomic E-state index is 5.77. The minimum atomic E-state index is 0.641. The van der Waals surface area contributed by atoms with E-state index in [-0.39, 0.29) is 0 Å². The fourth-order valence-electron chi connectivity index (χ4n) is 2.49. The number of hydrogen-bond donors (Lipinski definition) is 1. The summed E-state index contributed by atoms with van der Waals surface area (Å²) in [5.41, 5.74) is 9.29. The first-order valence-electron chi connectivity index (χ1n) is 7.68. The molecule has 0 amide bonds. The molecule has 5 heteroatoms. The van der Waals surface area contributed by atoms with Crippen LogP contribution in [-0.2, 0) is 0 Å². The molecule has 4 rings (SSSR count). The van der Waals surface area contributed by atoms with Gasteiger partial charge in [0.15, 0.2) is 5.69 Å². The van der Waals surface area contributed by atoms with E-state index in [1.54, 1.807) is 9.59 Å². The van der Waals surface area contributed by atoms with Gasteiger partial charge in [0.1, 0.15) is 5.69 Å². The molecule has 1 heterocycles. The molecule has 0 fully saturated rings. The zero-order chi connectivity index (χ0) is 16.4. The molecule has 2 N–H and O–H groups in total. The van der Waals surface area contributed by atoms with Crippen molar-refractivity contribution >= 4 is 5.69 Å². The zero-order valence-electron chi connectivity index (χ0n) is 12.9. The Bertz CT molecular complexity index is 887. The Hall–Kier alpha value is -3.47. The van der Waals surface area contributed by atoms with Crippen LogP contribution in [0, 0.1) is 0 Å². The second-order valence-electron chi connectivity index (χ2n) is 5.40. The molecule has 0 saturated heterocycles. The molecule has 116 valence electrons. The minimum Gasteiger partial charge on any atom is -0.399 e. The molecule has 0 unspecified atom stereocenters. The van der Waals surface area contributed by atoms with Gasteiger partial charge in [0, 0.05) is 10.5 Å². The Kier molecular flexibility index (Phi) is 3.51. The van der Waals surface area contributed by atoms with Gasteiger partial charge in [0.25, 0.3) is 0 Å². The molecule has 0 radical (unpaired) electrons. The van der Waals surface area contributed by atoms with Crippen molar-refractivity contribution < 1.29 is 4.80 Å². The Morgan fingerprint density at radius 1 is 0.750 bits per heavy atom. The third-order valence-electron chi connectivity index (χ3n) is 3.70. The average molecular weight is 314 g/mol. The van der Waals surface area contributed by atoms with Crippen molar-refractivity contribution in [2.24, 2.45) is 0 Å². The molecule has 1 aromatic heterocycles. The van der Waals surface area contributed by atoms with Crippen molar-refractivity contribution in [2.45, 2.75) is 0 Å². The number of anilines is 1. The average Bonchev–Trinajstić information content (AvgIpc) is 3.09. The molecular weight excluding hydrogens is 298 g/mol. The molecule has 0 atom stereocenters. The Morgan fingerprint density at radius 2 is 1.38 bits per heavy atom. The summed E-state index contributed by atoms with van der Waals surface area (Å²) in [4.78, 5) is 3.59. The topological polar surface area (TPSA) is 60.6 Å². The van der Waals surface area contributed by atoms with Gasteiger partial charge in [0.05, 0.1) is 10.7 Å². The summed E-state index contributed by atoms with van der Waals surface area (Å²) in [6.07, 6.45) is 0. The molecule has 5 nitrogen and oxygen atoms in total. The second kappa shape index (κ2) is 5.96. The quantitative estimate of drug-likeness (QED) is 0.467. The highest BCUT2D eigenvalue weighted by atomic mass is 15.7. The summed E-state index contributed by atoms with van der Waals surface area (Å²) in [5, 5.41) is 9.37. The van der Waals surface area contributed by atoms with E-state index in [4.69, 9.17) is 5.73 Å². The smallest absolute Gasteiger partial charge is 0.340 e. The maximum Gasteiger partial charge on any atom is 0.340 e. The van der Waals surface area contributed by atoms with Crippen LogP contribution in [-0.4, -0.2) is 15.0 Å². The van der Waals surface area contributed by atoms with Crippen LogP contribution in [0.3, 0.4) is 0 Å². The lowest BCUT2D eigenvalue weighted by molar-refractivity contribution is -0.734. The van der Waals surface area contributed by atoms with E-state index in [1.165, 1.54) is 0 Å². The SMILES string of the molecule is Nc1ccc(-c2nn(-c3ccccc3)[n+](-c3ccccc3)n2)cc1. The lowest BCUT2D eigenvalue weighted by Gasteiger charge is -1.98. The largest absolute Gasteiger partial charge is 0.399 e. The van der Waals surface area contributed by atoms with Crippen LogP contribution < -0.4 is 10.5 Å². The number of tetrazole rings is 1. The summed E-state index contributed by atoms with van der Waals surface area (Å²) in [6, 6.07) is 27.4. The third kappa shape index (κ3) is 2.63. The van der Waals surface area contributed by atoms with E-state index in [2.05, 4.69) is 10.2 Å². The fourth-order valence-corrected chi connectivity index (χ4v) is 2.49. The molecular formula is C19H16N5+. The monoisotopic (exact) mass is 314 g/mol. The molecule has 0 aliphatic heterocycles. The zero-order valence-corrected chi connectivity index (χ0v) is 12.9. The van der Waals surface area contributed by atoms with Gasteiger partial charge in [0.2, 0.25) is 0 Å². The van der Waals surface area contributed by atoms with Crippen LogP contribution in [0.2, 0.25) is 0 Å². The molecule has 4 aromatic rings. The maximum atomic E-state index is 5.77. The van der Waals surface area contributed by atoms with Crippen molar-refractivity contribution in [3.05, 3.63) is 84.9 Å². The van der Waals surface area contributed by atoms with E-state index >= 15 is 0 Å². The van der Waals surface area contributed by atoms with Crippen molar-refractivity contribution in [3.8, 4) is 22.8 Å². The van der Waals surface area contributed by atoms with Crippen LogP contribution >= 0.6 is 0 Å². The van der Waals surface area contributed by atoms with Gasteiger partial charge < -0.3 is 5.73 Å². The van der Waals surface area contributed by atoms with E-state index in [0.29, 0.717) is 5.82 Å². The highest BCUT2D eigenvalue weighted by Crippen LogP contribution is 2.16. The Balaban J connectivity index is 1.89. The minimum absolute atomic E-state index is 0.641. The molecule has 0 aliphatic carbocycles. The second-order valence-corrected chi connectivity index (χ2v) is 5.40. The Labute approximate surface area is 139 Å². The van der Waals surface area contributed by atoms with E-state index < -0.39 is 0 Å². The van der Waals surface area contributed by atoms with E-state index in [0.717, 1.165) is 22.6 Å².